The highest BCUT2D eigenvalue weighted by atomic mass is 32.2. The highest BCUT2D eigenvalue weighted by Crippen LogP contribution is 2.42. The average molecular weight is 864 g/mol. The van der Waals surface area contributed by atoms with Gasteiger partial charge in [-0.05, 0) is 49.2 Å². The number of nitrogens with zero attached hydrogens (tertiary/aromatic N) is 1. The molecule has 0 N–H and O–H groups in total. The minimum absolute atomic E-state index is 0.0804. The van der Waals surface area contributed by atoms with Crippen LogP contribution in [0.2, 0.25) is 10.1 Å². The lowest BCUT2D eigenvalue weighted by Crippen LogP contribution is -2.69. The van der Waals surface area contributed by atoms with Gasteiger partial charge in [0.1, 0.15) is 6.61 Å². The van der Waals surface area contributed by atoms with Crippen molar-refractivity contribution >= 4 is 53.6 Å². The molecule has 0 aliphatic carbocycles. The van der Waals surface area contributed by atoms with Crippen LogP contribution in [-0.2, 0) is 34.5 Å². The Balaban J connectivity index is 1.49. The van der Waals surface area contributed by atoms with Crippen molar-refractivity contribution in [1.82, 2.24) is 4.90 Å². The fraction of sp³-hybridized carbons (Fsp3) is 0.367. The number of hydrogen-bond acceptors (Lipinski definition) is 7. The number of amides is 1. The number of carbonyl (C=O) groups excluding carboxylic acids is 1. The molecule has 11 heteroatoms. The van der Waals surface area contributed by atoms with Gasteiger partial charge in [0.25, 0.3) is 26.8 Å². The molecule has 0 unspecified atom stereocenters. The summed E-state index contributed by atoms with van der Waals surface area (Å²) in [6.07, 6.45) is 1.01. The van der Waals surface area contributed by atoms with Crippen LogP contribution in [0.4, 0.5) is 4.79 Å². The van der Waals surface area contributed by atoms with Crippen LogP contribution in [0.5, 0.6) is 0 Å². The molecule has 1 amide bonds. The summed E-state index contributed by atoms with van der Waals surface area (Å²) in [5.41, 5.74) is 0.884. The molecule has 1 fully saturated rings. The fourth-order valence-electron chi connectivity index (χ4n) is 9.10. The van der Waals surface area contributed by atoms with E-state index in [9.17, 15) is 13.2 Å². The Kier molecular flexibility index (Phi) is 14.4. The molecule has 5 aromatic rings. The molecule has 0 bridgehead atoms. The predicted molar refractivity (Wildman–Crippen MR) is 247 cm³/mol. The maximum Gasteiger partial charge on any atom is 0.410 e. The van der Waals surface area contributed by atoms with Crippen LogP contribution in [0.25, 0.3) is 0 Å². The molecule has 1 heterocycles. The zero-order valence-electron chi connectivity index (χ0n) is 36.1. The SMILES string of the molecule is CC(C)(C)[Si](OC[C@H](CCOS(C)(=O)=O)[C@@H]1[C@H](O[Si](c2ccccc2)(c2ccccc2)C(C)(C)C)CCN1C(=O)OCc1ccccc1)(c1ccccc1)c1ccccc1. The van der Waals surface area contributed by atoms with Crippen LogP contribution in [0.1, 0.15) is 59.9 Å². The van der Waals surface area contributed by atoms with E-state index in [1.807, 2.05) is 59.5 Å². The van der Waals surface area contributed by atoms with E-state index in [1.54, 1.807) is 0 Å². The maximum atomic E-state index is 14.5. The Hall–Kier alpha value is -4.37. The van der Waals surface area contributed by atoms with Crippen molar-refractivity contribution in [3.05, 3.63) is 157 Å². The average Bonchev–Trinajstić information content (AvgIpc) is 3.65. The first kappa shape index (κ1) is 45.2. The monoisotopic (exact) mass is 863 g/mol. The second-order valence-corrected chi connectivity index (χ2v) is 28.1. The molecule has 1 aliphatic heterocycles. The Bertz CT molecular complexity index is 2140. The van der Waals surface area contributed by atoms with Crippen LogP contribution < -0.4 is 20.7 Å². The van der Waals surface area contributed by atoms with E-state index < -0.39 is 50.9 Å². The first-order valence-electron chi connectivity index (χ1n) is 20.9. The molecule has 0 saturated carbocycles. The zero-order chi connectivity index (χ0) is 43.0. The number of benzene rings is 5. The van der Waals surface area contributed by atoms with E-state index >= 15 is 0 Å². The van der Waals surface area contributed by atoms with Gasteiger partial charge in [-0.15, -0.1) is 0 Å². The second-order valence-electron chi connectivity index (χ2n) is 17.9. The molecular formula is C49H61NO7SSi2. The first-order chi connectivity index (χ1) is 28.6. The molecule has 60 heavy (non-hydrogen) atoms. The van der Waals surface area contributed by atoms with Crippen molar-refractivity contribution in [2.24, 2.45) is 5.92 Å². The number of rotatable bonds is 16. The van der Waals surface area contributed by atoms with Crippen LogP contribution in [0.15, 0.2) is 152 Å². The summed E-state index contributed by atoms with van der Waals surface area (Å²) in [5.74, 6) is -0.414. The molecule has 1 aliphatic rings. The molecule has 0 aromatic heterocycles. The highest BCUT2D eigenvalue weighted by Gasteiger charge is 2.56. The summed E-state index contributed by atoms with van der Waals surface area (Å²) in [7, 11) is -9.97. The molecule has 318 valence electrons. The third kappa shape index (κ3) is 10.0. The van der Waals surface area contributed by atoms with Gasteiger partial charge in [0.05, 0.1) is 25.0 Å². The standard InChI is InChI=1S/C49H61NO7SSi2/c1-48(2,3)59(41-25-15-9-16-26-41,42-27-17-10-18-28-42)56-38-40(34-36-55-58(7,52)53)46-45(33-35-50(46)47(51)54-37-39-23-13-8-14-24-39)57-60(49(4,5)6,43-29-19-11-20-30-43)44-31-21-12-22-32-44/h8-32,40,45-46H,33-38H2,1-7H3/t40-,45+,46+/m0/s1. The van der Waals surface area contributed by atoms with E-state index in [0.29, 0.717) is 19.4 Å². The summed E-state index contributed by atoms with van der Waals surface area (Å²) >= 11 is 0. The lowest BCUT2D eigenvalue weighted by Gasteiger charge is -2.47. The van der Waals surface area contributed by atoms with Crippen LogP contribution in [0.3, 0.4) is 0 Å². The van der Waals surface area contributed by atoms with Gasteiger partial charge >= 0.3 is 6.09 Å². The Morgan fingerprint density at radius 3 is 1.50 bits per heavy atom. The third-order valence-electron chi connectivity index (χ3n) is 11.8. The van der Waals surface area contributed by atoms with Gasteiger partial charge in [-0.3, -0.25) is 4.18 Å². The summed E-state index contributed by atoms with van der Waals surface area (Å²) < 4.78 is 52.0. The van der Waals surface area contributed by atoms with Crippen molar-refractivity contribution in [3.8, 4) is 0 Å². The normalized spacial score (nSPS) is 17.0. The number of carbonyl (C=O) groups is 1. The van der Waals surface area contributed by atoms with E-state index in [4.69, 9.17) is 17.8 Å². The second kappa shape index (κ2) is 19.1. The minimum Gasteiger partial charge on any atom is -0.445 e. The maximum absolute atomic E-state index is 14.5. The van der Waals surface area contributed by atoms with Gasteiger partial charge in [0.2, 0.25) is 0 Å². The van der Waals surface area contributed by atoms with Gasteiger partial charge in [-0.1, -0.05) is 193 Å². The van der Waals surface area contributed by atoms with Crippen molar-refractivity contribution in [1.29, 1.82) is 0 Å². The largest absolute Gasteiger partial charge is 0.445 e. The van der Waals surface area contributed by atoms with Gasteiger partial charge in [0.15, 0.2) is 0 Å². The van der Waals surface area contributed by atoms with E-state index in [-0.39, 0.29) is 29.9 Å². The Labute approximate surface area is 360 Å². The van der Waals surface area contributed by atoms with Crippen LogP contribution >= 0.6 is 0 Å². The van der Waals surface area contributed by atoms with Crippen molar-refractivity contribution in [3.63, 3.8) is 0 Å². The third-order valence-corrected chi connectivity index (χ3v) is 22.4. The first-order valence-corrected chi connectivity index (χ1v) is 26.6. The van der Waals surface area contributed by atoms with E-state index in [0.717, 1.165) is 32.6 Å². The molecular weight excluding hydrogens is 803 g/mol. The molecule has 5 aromatic carbocycles. The van der Waals surface area contributed by atoms with Crippen LogP contribution in [-0.4, -0.2) is 74.2 Å². The molecule has 0 spiro atoms. The predicted octanol–water partition coefficient (Wildman–Crippen LogP) is 7.90. The van der Waals surface area contributed by atoms with E-state index in [2.05, 4.69) is 139 Å². The minimum atomic E-state index is -3.76. The smallest absolute Gasteiger partial charge is 0.410 e. The van der Waals surface area contributed by atoms with Crippen LogP contribution in [0, 0.1) is 5.92 Å². The van der Waals surface area contributed by atoms with Gasteiger partial charge in [-0.2, -0.15) is 8.42 Å². The van der Waals surface area contributed by atoms with Crippen molar-refractivity contribution in [2.75, 3.05) is 26.0 Å². The summed E-state index contributed by atoms with van der Waals surface area (Å²) in [4.78, 5) is 16.3. The zero-order valence-corrected chi connectivity index (χ0v) is 38.9. The van der Waals surface area contributed by atoms with Crippen molar-refractivity contribution < 1.29 is 31.0 Å². The Morgan fingerprint density at radius 1 is 0.667 bits per heavy atom. The summed E-state index contributed by atoms with van der Waals surface area (Å²) in [5, 5.41) is 3.86. The van der Waals surface area contributed by atoms with Gasteiger partial charge in [0, 0.05) is 19.1 Å². The molecule has 8 nitrogen and oxygen atoms in total. The number of ether oxygens (including phenoxy) is 1. The number of likely N-dealkylation sites (tertiary alicyclic amines) is 1. The summed E-state index contributed by atoms with van der Waals surface area (Å²) in [6.45, 7) is 14.1. The topological polar surface area (TPSA) is 91.4 Å². The molecule has 0 radical (unpaired) electrons. The lowest BCUT2D eigenvalue weighted by atomic mass is 9.93. The Morgan fingerprint density at radius 2 is 1.08 bits per heavy atom. The van der Waals surface area contributed by atoms with Gasteiger partial charge < -0.3 is 18.5 Å². The van der Waals surface area contributed by atoms with Gasteiger partial charge in [-0.25, -0.2) is 4.79 Å². The highest BCUT2D eigenvalue weighted by molar-refractivity contribution is 7.85. The van der Waals surface area contributed by atoms with E-state index in [1.165, 1.54) is 0 Å². The quantitative estimate of drug-likeness (QED) is 0.0737. The summed E-state index contributed by atoms with van der Waals surface area (Å²) in [6, 6.07) is 51.0. The van der Waals surface area contributed by atoms with Crippen molar-refractivity contribution in [2.45, 2.75) is 83.2 Å². The fourth-order valence-corrected chi connectivity index (χ4v) is 18.8. The number of hydrogen-bond donors (Lipinski definition) is 0. The molecule has 1 saturated heterocycles. The molecule has 3 atom stereocenters. The lowest BCUT2D eigenvalue weighted by molar-refractivity contribution is 0.0366. The molecule has 6 rings (SSSR count).